The fraction of sp³-hybridized carbons (Fsp3) is 0.462. The van der Waals surface area contributed by atoms with Gasteiger partial charge in [0.25, 0.3) is 0 Å². The Labute approximate surface area is 116 Å². The third-order valence-electron chi connectivity index (χ3n) is 3.13. The van der Waals surface area contributed by atoms with Crippen LogP contribution in [0.25, 0.3) is 0 Å². The summed E-state index contributed by atoms with van der Waals surface area (Å²) in [5, 5.41) is 5.78. The monoisotopic (exact) mass is 344 g/mol. The van der Waals surface area contributed by atoms with Crippen LogP contribution < -0.4 is 10.6 Å². The minimum atomic E-state index is -0.0990. The van der Waals surface area contributed by atoms with Gasteiger partial charge >= 0.3 is 6.03 Å². The molecule has 0 aromatic heterocycles. The summed E-state index contributed by atoms with van der Waals surface area (Å²) in [7, 11) is 0. The molecule has 92 valence electrons. The normalized spacial score (nSPS) is 15.8. The highest BCUT2D eigenvalue weighted by atomic mass is 127. The van der Waals surface area contributed by atoms with Crippen LogP contribution in [-0.2, 0) is 0 Å². The molecule has 0 radical (unpaired) electrons. The molecule has 1 aliphatic carbocycles. The van der Waals surface area contributed by atoms with Crippen LogP contribution in [0.1, 0.15) is 25.7 Å². The lowest BCUT2D eigenvalue weighted by Gasteiger charge is -2.11. The largest absolute Gasteiger partial charge is 0.338 e. The maximum atomic E-state index is 11.6. The predicted molar refractivity (Wildman–Crippen MR) is 78.1 cm³/mol. The van der Waals surface area contributed by atoms with Gasteiger partial charge in [-0.05, 0) is 65.6 Å². The lowest BCUT2D eigenvalue weighted by atomic mass is 10.1. The van der Waals surface area contributed by atoms with Gasteiger partial charge in [0.1, 0.15) is 0 Å². The summed E-state index contributed by atoms with van der Waals surface area (Å²) in [6.07, 6.45) is 5.13. The number of amides is 2. The molecule has 4 heteroatoms. The SMILES string of the molecule is O=C(NCC1CCCC1)Nc1ccc(I)cc1. The van der Waals surface area contributed by atoms with E-state index in [0.29, 0.717) is 5.92 Å². The number of rotatable bonds is 3. The van der Waals surface area contributed by atoms with Crippen LogP contribution in [0.3, 0.4) is 0 Å². The molecule has 2 rings (SSSR count). The van der Waals surface area contributed by atoms with E-state index in [1.807, 2.05) is 24.3 Å². The summed E-state index contributed by atoms with van der Waals surface area (Å²) in [6.45, 7) is 0.802. The highest BCUT2D eigenvalue weighted by Gasteiger charge is 2.15. The number of nitrogens with one attached hydrogen (secondary N) is 2. The van der Waals surface area contributed by atoms with Crippen molar-refractivity contribution in [3.63, 3.8) is 0 Å². The predicted octanol–water partition coefficient (Wildman–Crippen LogP) is 3.60. The molecule has 1 aliphatic rings. The quantitative estimate of drug-likeness (QED) is 0.809. The standard InChI is InChI=1S/C13H17IN2O/c14-11-5-7-12(8-6-11)16-13(17)15-9-10-3-1-2-4-10/h5-8,10H,1-4,9H2,(H2,15,16,17). The topological polar surface area (TPSA) is 41.1 Å². The second-order valence-corrected chi connectivity index (χ2v) is 5.74. The summed E-state index contributed by atoms with van der Waals surface area (Å²) in [5.74, 6) is 0.678. The Hall–Kier alpha value is -0.780. The highest BCUT2D eigenvalue weighted by molar-refractivity contribution is 14.1. The van der Waals surface area contributed by atoms with Crippen LogP contribution in [0.2, 0.25) is 0 Å². The third-order valence-corrected chi connectivity index (χ3v) is 3.85. The van der Waals surface area contributed by atoms with E-state index in [4.69, 9.17) is 0 Å². The first kappa shape index (κ1) is 12.7. The molecule has 2 amide bonds. The summed E-state index contributed by atoms with van der Waals surface area (Å²) in [5.41, 5.74) is 0.842. The second kappa shape index (κ2) is 6.23. The molecular weight excluding hydrogens is 327 g/mol. The molecular formula is C13H17IN2O. The molecule has 0 spiro atoms. The van der Waals surface area contributed by atoms with Crippen molar-refractivity contribution in [1.29, 1.82) is 0 Å². The van der Waals surface area contributed by atoms with E-state index in [0.717, 1.165) is 12.2 Å². The van der Waals surface area contributed by atoms with Crippen LogP contribution in [0.5, 0.6) is 0 Å². The van der Waals surface area contributed by atoms with E-state index < -0.39 is 0 Å². The highest BCUT2D eigenvalue weighted by Crippen LogP contribution is 2.23. The first-order valence-electron chi connectivity index (χ1n) is 6.04. The fourth-order valence-electron chi connectivity index (χ4n) is 2.16. The first-order chi connectivity index (χ1) is 8.24. The van der Waals surface area contributed by atoms with Crippen LogP contribution in [0, 0.1) is 9.49 Å². The van der Waals surface area contributed by atoms with Crippen molar-refractivity contribution in [3.05, 3.63) is 27.8 Å². The maximum Gasteiger partial charge on any atom is 0.319 e. The van der Waals surface area contributed by atoms with E-state index >= 15 is 0 Å². The number of carbonyl (C=O) groups excluding carboxylic acids is 1. The molecule has 0 atom stereocenters. The van der Waals surface area contributed by atoms with Gasteiger partial charge in [0, 0.05) is 15.8 Å². The van der Waals surface area contributed by atoms with E-state index in [1.165, 1.54) is 29.3 Å². The average molecular weight is 344 g/mol. The lowest BCUT2D eigenvalue weighted by molar-refractivity contribution is 0.250. The molecule has 1 aromatic rings. The van der Waals surface area contributed by atoms with Gasteiger partial charge in [0.05, 0.1) is 0 Å². The van der Waals surface area contributed by atoms with E-state index in [1.54, 1.807) is 0 Å². The van der Waals surface area contributed by atoms with Gasteiger partial charge in [-0.1, -0.05) is 12.8 Å². The van der Waals surface area contributed by atoms with Gasteiger partial charge in [-0.15, -0.1) is 0 Å². The Bertz CT molecular complexity index is 372. The maximum absolute atomic E-state index is 11.6. The lowest BCUT2D eigenvalue weighted by Crippen LogP contribution is -2.32. The van der Waals surface area contributed by atoms with Crippen molar-refractivity contribution in [2.45, 2.75) is 25.7 Å². The smallest absolute Gasteiger partial charge is 0.319 e. The summed E-state index contributed by atoms with van der Waals surface area (Å²) < 4.78 is 1.17. The molecule has 0 aliphatic heterocycles. The summed E-state index contributed by atoms with van der Waals surface area (Å²) >= 11 is 2.24. The van der Waals surface area contributed by atoms with Gasteiger partial charge in [0.2, 0.25) is 0 Å². The second-order valence-electron chi connectivity index (χ2n) is 4.49. The fourth-order valence-corrected chi connectivity index (χ4v) is 2.52. The van der Waals surface area contributed by atoms with Crippen molar-refractivity contribution in [3.8, 4) is 0 Å². The number of halogens is 1. The minimum Gasteiger partial charge on any atom is -0.338 e. The van der Waals surface area contributed by atoms with Crippen molar-refractivity contribution in [1.82, 2.24) is 5.32 Å². The number of hydrogen-bond donors (Lipinski definition) is 2. The van der Waals surface area contributed by atoms with Crippen molar-refractivity contribution in [2.75, 3.05) is 11.9 Å². The number of benzene rings is 1. The molecule has 3 nitrogen and oxygen atoms in total. The Morgan fingerprint density at radius 1 is 1.24 bits per heavy atom. The van der Waals surface area contributed by atoms with Crippen LogP contribution >= 0.6 is 22.6 Å². The van der Waals surface area contributed by atoms with Gasteiger partial charge < -0.3 is 10.6 Å². The molecule has 1 saturated carbocycles. The number of anilines is 1. The molecule has 1 aromatic carbocycles. The number of urea groups is 1. The van der Waals surface area contributed by atoms with Crippen molar-refractivity contribution >= 4 is 34.3 Å². The Morgan fingerprint density at radius 2 is 1.88 bits per heavy atom. The van der Waals surface area contributed by atoms with Gasteiger partial charge in [0.15, 0.2) is 0 Å². The van der Waals surface area contributed by atoms with Gasteiger partial charge in [-0.25, -0.2) is 4.79 Å². The summed E-state index contributed by atoms with van der Waals surface area (Å²) in [4.78, 5) is 11.6. The third kappa shape index (κ3) is 4.18. The van der Waals surface area contributed by atoms with Gasteiger partial charge in [-0.2, -0.15) is 0 Å². The molecule has 0 saturated heterocycles. The Morgan fingerprint density at radius 3 is 2.53 bits per heavy atom. The van der Waals surface area contributed by atoms with E-state index in [-0.39, 0.29) is 6.03 Å². The molecule has 17 heavy (non-hydrogen) atoms. The minimum absolute atomic E-state index is 0.0990. The molecule has 1 fully saturated rings. The van der Waals surface area contributed by atoms with Crippen LogP contribution in [-0.4, -0.2) is 12.6 Å². The van der Waals surface area contributed by atoms with Crippen LogP contribution in [0.15, 0.2) is 24.3 Å². The zero-order valence-corrected chi connectivity index (χ0v) is 11.9. The zero-order valence-electron chi connectivity index (χ0n) is 9.71. The molecule has 0 heterocycles. The van der Waals surface area contributed by atoms with Gasteiger partial charge in [-0.3, -0.25) is 0 Å². The van der Waals surface area contributed by atoms with Crippen molar-refractivity contribution in [2.24, 2.45) is 5.92 Å². The Kier molecular flexibility index (Phi) is 4.65. The molecule has 2 N–H and O–H groups in total. The number of hydrogen-bond acceptors (Lipinski definition) is 1. The van der Waals surface area contributed by atoms with Crippen molar-refractivity contribution < 1.29 is 4.79 Å². The Balaban J connectivity index is 1.74. The summed E-state index contributed by atoms with van der Waals surface area (Å²) in [6, 6.07) is 7.69. The first-order valence-corrected chi connectivity index (χ1v) is 7.12. The van der Waals surface area contributed by atoms with Crippen LogP contribution in [0.4, 0.5) is 10.5 Å². The number of carbonyl (C=O) groups is 1. The average Bonchev–Trinajstić information content (AvgIpc) is 2.83. The van der Waals surface area contributed by atoms with E-state index in [2.05, 4.69) is 33.2 Å². The zero-order chi connectivity index (χ0) is 12.1. The molecule has 0 bridgehead atoms. The molecule has 0 unspecified atom stereocenters. The van der Waals surface area contributed by atoms with E-state index in [9.17, 15) is 4.79 Å².